The highest BCUT2D eigenvalue weighted by molar-refractivity contribution is 6.31. The number of ketones is 2. The van der Waals surface area contributed by atoms with Crippen LogP contribution in [-0.2, 0) is 4.79 Å². The number of benzene rings is 2. The van der Waals surface area contributed by atoms with Crippen LogP contribution in [0, 0.1) is 0 Å². The number of rotatable bonds is 7. The lowest BCUT2D eigenvalue weighted by Gasteiger charge is -2.16. The molecule has 2 aromatic carbocycles. The molecule has 2 aromatic rings. The summed E-state index contributed by atoms with van der Waals surface area (Å²) in [5, 5.41) is 0.414. The summed E-state index contributed by atoms with van der Waals surface area (Å²) in [6.07, 6.45) is 0.0632. The number of carbonyl (C=O) groups is 2. The van der Waals surface area contributed by atoms with Gasteiger partial charge in [-0.05, 0) is 48.9 Å². The zero-order valence-electron chi connectivity index (χ0n) is 13.8. The van der Waals surface area contributed by atoms with Gasteiger partial charge < -0.3 is 9.47 Å². The predicted molar refractivity (Wildman–Crippen MR) is 93.4 cm³/mol. The SMILES string of the molecule is COc1ccc(C(=O)CC(C(C)=O)c2ccc(OC)cc2Cl)cc1. The molecule has 1 atom stereocenters. The summed E-state index contributed by atoms with van der Waals surface area (Å²) in [6, 6.07) is 11.9. The fourth-order valence-corrected chi connectivity index (χ4v) is 2.77. The normalized spacial score (nSPS) is 11.7. The first-order chi connectivity index (χ1) is 11.5. The van der Waals surface area contributed by atoms with Gasteiger partial charge in [-0.15, -0.1) is 0 Å². The third-order valence-electron chi connectivity index (χ3n) is 3.88. The van der Waals surface area contributed by atoms with Crippen LogP contribution in [0.25, 0.3) is 0 Å². The zero-order chi connectivity index (χ0) is 17.7. The summed E-state index contributed by atoms with van der Waals surface area (Å²) in [5.41, 5.74) is 1.17. The van der Waals surface area contributed by atoms with Crippen molar-refractivity contribution >= 4 is 23.2 Å². The topological polar surface area (TPSA) is 52.6 Å². The van der Waals surface area contributed by atoms with E-state index >= 15 is 0 Å². The molecule has 0 bridgehead atoms. The standard InChI is InChI=1S/C19H19ClO4/c1-12(21)17(16-9-8-15(24-3)10-18(16)20)11-19(22)13-4-6-14(23-2)7-5-13/h4-10,17H,11H2,1-3H3. The molecule has 5 heteroatoms. The lowest BCUT2D eigenvalue weighted by molar-refractivity contribution is -0.118. The molecule has 0 amide bonds. The summed E-state index contributed by atoms with van der Waals surface area (Å²) >= 11 is 6.26. The van der Waals surface area contributed by atoms with E-state index in [0.717, 1.165) is 0 Å². The number of methoxy groups -OCH3 is 2. The van der Waals surface area contributed by atoms with Gasteiger partial charge in [-0.2, -0.15) is 0 Å². The van der Waals surface area contributed by atoms with E-state index in [-0.39, 0.29) is 18.0 Å². The molecule has 0 aliphatic carbocycles. The highest BCUT2D eigenvalue weighted by Gasteiger charge is 2.23. The second kappa shape index (κ2) is 7.97. The minimum absolute atomic E-state index is 0.0632. The minimum atomic E-state index is -0.585. The van der Waals surface area contributed by atoms with Crippen molar-refractivity contribution in [3.05, 3.63) is 58.6 Å². The van der Waals surface area contributed by atoms with Gasteiger partial charge in [-0.3, -0.25) is 9.59 Å². The molecule has 126 valence electrons. The molecule has 0 aliphatic rings. The number of Topliss-reactive ketones (excluding diaryl/α,β-unsaturated/α-hetero) is 2. The molecule has 4 nitrogen and oxygen atoms in total. The minimum Gasteiger partial charge on any atom is -0.497 e. The maximum Gasteiger partial charge on any atom is 0.163 e. The Bertz CT molecular complexity index is 738. The first-order valence-electron chi connectivity index (χ1n) is 7.47. The quantitative estimate of drug-likeness (QED) is 0.701. The van der Waals surface area contributed by atoms with Gasteiger partial charge in [-0.1, -0.05) is 17.7 Å². The van der Waals surface area contributed by atoms with Gasteiger partial charge in [0, 0.05) is 17.0 Å². The largest absolute Gasteiger partial charge is 0.497 e. The van der Waals surface area contributed by atoms with E-state index < -0.39 is 5.92 Å². The molecule has 0 aliphatic heterocycles. The molecular weight excluding hydrogens is 328 g/mol. The third-order valence-corrected chi connectivity index (χ3v) is 4.20. The average Bonchev–Trinajstić information content (AvgIpc) is 2.59. The van der Waals surface area contributed by atoms with E-state index in [2.05, 4.69) is 0 Å². The van der Waals surface area contributed by atoms with Crippen LogP contribution >= 0.6 is 11.6 Å². The summed E-state index contributed by atoms with van der Waals surface area (Å²) in [6.45, 7) is 1.46. The molecule has 0 heterocycles. The fourth-order valence-electron chi connectivity index (χ4n) is 2.47. The van der Waals surface area contributed by atoms with E-state index in [9.17, 15) is 9.59 Å². The lowest BCUT2D eigenvalue weighted by Crippen LogP contribution is -2.15. The van der Waals surface area contributed by atoms with E-state index in [1.54, 1.807) is 56.7 Å². The molecule has 0 spiro atoms. The number of ether oxygens (including phenoxy) is 2. The monoisotopic (exact) mass is 346 g/mol. The van der Waals surface area contributed by atoms with Crippen LogP contribution in [0.5, 0.6) is 11.5 Å². The predicted octanol–water partition coefficient (Wildman–Crippen LogP) is 4.30. The first kappa shape index (κ1) is 18.0. The van der Waals surface area contributed by atoms with Gasteiger partial charge in [0.05, 0.1) is 20.1 Å². The Balaban J connectivity index is 2.24. The van der Waals surface area contributed by atoms with Gasteiger partial charge in [0.25, 0.3) is 0 Å². The molecule has 2 rings (SSSR count). The zero-order valence-corrected chi connectivity index (χ0v) is 14.6. The van der Waals surface area contributed by atoms with Crippen LogP contribution in [0.4, 0.5) is 0 Å². The Kier molecular flexibility index (Phi) is 5.99. The summed E-state index contributed by atoms with van der Waals surface area (Å²) < 4.78 is 10.2. The van der Waals surface area contributed by atoms with E-state index in [1.807, 2.05) is 0 Å². The van der Waals surface area contributed by atoms with Crippen LogP contribution in [0.2, 0.25) is 5.02 Å². The Morgan fingerprint density at radius 3 is 2.08 bits per heavy atom. The molecule has 0 saturated heterocycles. The Morgan fingerprint density at radius 2 is 1.58 bits per heavy atom. The summed E-state index contributed by atoms with van der Waals surface area (Å²) in [5.74, 6) is 0.465. The van der Waals surface area contributed by atoms with E-state index in [1.165, 1.54) is 6.92 Å². The van der Waals surface area contributed by atoms with Crippen LogP contribution in [0.1, 0.15) is 35.2 Å². The molecule has 24 heavy (non-hydrogen) atoms. The molecule has 1 unspecified atom stereocenters. The average molecular weight is 347 g/mol. The van der Waals surface area contributed by atoms with Gasteiger partial charge in [0.15, 0.2) is 5.78 Å². The number of hydrogen-bond donors (Lipinski definition) is 0. The second-order valence-corrected chi connectivity index (χ2v) is 5.81. The maximum atomic E-state index is 12.5. The van der Waals surface area contributed by atoms with Crippen molar-refractivity contribution < 1.29 is 19.1 Å². The van der Waals surface area contributed by atoms with Crippen LogP contribution in [0.3, 0.4) is 0 Å². The Hall–Kier alpha value is -2.33. The van der Waals surface area contributed by atoms with Crippen molar-refractivity contribution in [2.45, 2.75) is 19.3 Å². The number of carbonyl (C=O) groups excluding carboxylic acids is 2. The Morgan fingerprint density at radius 1 is 1.00 bits per heavy atom. The van der Waals surface area contributed by atoms with Gasteiger partial charge in [0.1, 0.15) is 17.3 Å². The highest BCUT2D eigenvalue weighted by Crippen LogP contribution is 2.32. The summed E-state index contributed by atoms with van der Waals surface area (Å²) in [4.78, 5) is 24.6. The van der Waals surface area contributed by atoms with Gasteiger partial charge >= 0.3 is 0 Å². The van der Waals surface area contributed by atoms with E-state index in [0.29, 0.717) is 27.6 Å². The van der Waals surface area contributed by atoms with Crippen LogP contribution in [0.15, 0.2) is 42.5 Å². The van der Waals surface area contributed by atoms with Crippen molar-refractivity contribution in [2.24, 2.45) is 0 Å². The fraction of sp³-hybridized carbons (Fsp3) is 0.263. The third kappa shape index (κ3) is 4.15. The van der Waals surface area contributed by atoms with Crippen molar-refractivity contribution in [1.82, 2.24) is 0 Å². The van der Waals surface area contributed by atoms with E-state index in [4.69, 9.17) is 21.1 Å². The van der Waals surface area contributed by atoms with Crippen molar-refractivity contribution in [1.29, 1.82) is 0 Å². The first-order valence-corrected chi connectivity index (χ1v) is 7.85. The van der Waals surface area contributed by atoms with Gasteiger partial charge in [-0.25, -0.2) is 0 Å². The van der Waals surface area contributed by atoms with Crippen molar-refractivity contribution in [3.63, 3.8) is 0 Å². The highest BCUT2D eigenvalue weighted by atomic mass is 35.5. The second-order valence-electron chi connectivity index (χ2n) is 5.41. The molecular formula is C19H19ClO4. The van der Waals surface area contributed by atoms with Crippen molar-refractivity contribution in [2.75, 3.05) is 14.2 Å². The van der Waals surface area contributed by atoms with Crippen LogP contribution < -0.4 is 9.47 Å². The maximum absolute atomic E-state index is 12.5. The molecule has 0 saturated carbocycles. The van der Waals surface area contributed by atoms with Gasteiger partial charge in [0.2, 0.25) is 0 Å². The number of hydrogen-bond acceptors (Lipinski definition) is 4. The molecule has 0 N–H and O–H groups in total. The summed E-state index contributed by atoms with van der Waals surface area (Å²) in [7, 11) is 3.11. The smallest absolute Gasteiger partial charge is 0.163 e. The molecule has 0 aromatic heterocycles. The molecule has 0 fully saturated rings. The number of halogens is 1. The van der Waals surface area contributed by atoms with Crippen molar-refractivity contribution in [3.8, 4) is 11.5 Å². The Labute approximate surface area is 146 Å². The molecule has 0 radical (unpaired) electrons. The van der Waals surface area contributed by atoms with Crippen LogP contribution in [-0.4, -0.2) is 25.8 Å². The lowest BCUT2D eigenvalue weighted by atomic mass is 9.88.